The van der Waals surface area contributed by atoms with Gasteiger partial charge in [0.15, 0.2) is 0 Å². The molecule has 1 aliphatic rings. The van der Waals surface area contributed by atoms with Crippen molar-refractivity contribution in [3.63, 3.8) is 0 Å². The predicted octanol–water partition coefficient (Wildman–Crippen LogP) is 3.28. The number of nitrogens with zero attached hydrogens (tertiary/aromatic N) is 1. The van der Waals surface area contributed by atoms with Gasteiger partial charge in [0.2, 0.25) is 5.88 Å². The van der Waals surface area contributed by atoms with Crippen molar-refractivity contribution in [2.24, 2.45) is 0 Å². The van der Waals surface area contributed by atoms with Gasteiger partial charge in [-0.25, -0.2) is 9.78 Å². The van der Waals surface area contributed by atoms with Crippen LogP contribution in [0.2, 0.25) is 0 Å². The third-order valence-corrected chi connectivity index (χ3v) is 3.29. The van der Waals surface area contributed by atoms with E-state index in [1.54, 1.807) is 6.20 Å². The fourth-order valence-corrected chi connectivity index (χ4v) is 2.19. The zero-order valence-electron chi connectivity index (χ0n) is 11.9. The number of rotatable bonds is 3. The highest BCUT2D eigenvalue weighted by atomic mass is 79.9. The van der Waals surface area contributed by atoms with Crippen molar-refractivity contribution < 1.29 is 14.3 Å². The number of hydrogen-bond donors (Lipinski definition) is 1. The number of aromatic nitrogens is 1. The van der Waals surface area contributed by atoms with E-state index in [1.165, 1.54) is 0 Å². The molecule has 1 aromatic heterocycles. The second-order valence-corrected chi connectivity index (χ2v) is 6.78. The molecule has 2 rings (SSSR count). The quantitative estimate of drug-likeness (QED) is 0.915. The Bertz CT molecular complexity index is 482. The second kappa shape index (κ2) is 5.99. The summed E-state index contributed by atoms with van der Waals surface area (Å²) >= 11 is 3.37. The molecular weight excluding hydrogens is 324 g/mol. The van der Waals surface area contributed by atoms with Crippen molar-refractivity contribution >= 4 is 22.0 Å². The second-order valence-electron chi connectivity index (χ2n) is 5.87. The minimum Gasteiger partial charge on any atom is -0.474 e. The number of hydrogen-bond acceptors (Lipinski definition) is 4. The third kappa shape index (κ3) is 4.67. The Kier molecular flexibility index (Phi) is 4.52. The first-order valence-electron chi connectivity index (χ1n) is 6.59. The Hall–Kier alpha value is -1.30. The van der Waals surface area contributed by atoms with E-state index in [4.69, 9.17) is 9.47 Å². The molecule has 0 unspecified atom stereocenters. The molecule has 1 aliphatic carbocycles. The van der Waals surface area contributed by atoms with Gasteiger partial charge in [-0.2, -0.15) is 0 Å². The van der Waals surface area contributed by atoms with Crippen molar-refractivity contribution in [2.45, 2.75) is 51.4 Å². The van der Waals surface area contributed by atoms with Gasteiger partial charge >= 0.3 is 6.09 Å². The van der Waals surface area contributed by atoms with Gasteiger partial charge < -0.3 is 14.8 Å². The Balaban J connectivity index is 1.71. The van der Waals surface area contributed by atoms with E-state index in [1.807, 2.05) is 32.9 Å². The molecule has 0 saturated heterocycles. The summed E-state index contributed by atoms with van der Waals surface area (Å²) in [4.78, 5) is 15.7. The van der Waals surface area contributed by atoms with Gasteiger partial charge in [0.1, 0.15) is 11.7 Å². The van der Waals surface area contributed by atoms with Gasteiger partial charge in [-0.15, -0.1) is 0 Å². The zero-order chi connectivity index (χ0) is 14.8. The summed E-state index contributed by atoms with van der Waals surface area (Å²) in [6.45, 7) is 5.54. The molecule has 0 radical (unpaired) electrons. The van der Waals surface area contributed by atoms with Gasteiger partial charge in [0.25, 0.3) is 0 Å². The number of amides is 1. The standard InChI is InChI=1S/C14H19BrN2O3/c1-14(2,3)20-13(18)17-10-7-11(8-10)19-12-6-9(15)4-5-16-12/h4-6,10-11H,7-8H2,1-3H3,(H,17,18). The monoisotopic (exact) mass is 342 g/mol. The molecule has 0 bridgehead atoms. The Labute approximate surface area is 127 Å². The highest BCUT2D eigenvalue weighted by Crippen LogP contribution is 2.26. The maximum absolute atomic E-state index is 11.6. The molecule has 0 aromatic carbocycles. The molecule has 110 valence electrons. The smallest absolute Gasteiger partial charge is 0.407 e. The van der Waals surface area contributed by atoms with E-state index in [0.29, 0.717) is 5.88 Å². The lowest BCUT2D eigenvalue weighted by atomic mass is 9.89. The van der Waals surface area contributed by atoms with Crippen molar-refractivity contribution in [1.82, 2.24) is 10.3 Å². The summed E-state index contributed by atoms with van der Waals surface area (Å²) in [7, 11) is 0. The number of nitrogens with one attached hydrogen (secondary N) is 1. The lowest BCUT2D eigenvalue weighted by Crippen LogP contribution is -2.50. The topological polar surface area (TPSA) is 60.5 Å². The van der Waals surface area contributed by atoms with Gasteiger partial charge in [-0.1, -0.05) is 15.9 Å². The maximum atomic E-state index is 11.6. The van der Waals surface area contributed by atoms with Crippen LogP contribution in [-0.4, -0.2) is 28.8 Å². The van der Waals surface area contributed by atoms with E-state index in [-0.39, 0.29) is 18.2 Å². The molecular formula is C14H19BrN2O3. The molecule has 1 aromatic rings. The van der Waals surface area contributed by atoms with Crippen LogP contribution < -0.4 is 10.1 Å². The lowest BCUT2D eigenvalue weighted by molar-refractivity contribution is 0.0354. The SMILES string of the molecule is CC(C)(C)OC(=O)NC1CC(Oc2cc(Br)ccn2)C1. The summed E-state index contributed by atoms with van der Waals surface area (Å²) in [6, 6.07) is 3.79. The maximum Gasteiger partial charge on any atom is 0.407 e. The summed E-state index contributed by atoms with van der Waals surface area (Å²) in [5, 5.41) is 2.83. The molecule has 0 aliphatic heterocycles. The molecule has 20 heavy (non-hydrogen) atoms. The first-order valence-corrected chi connectivity index (χ1v) is 7.39. The number of carbonyl (C=O) groups excluding carboxylic acids is 1. The van der Waals surface area contributed by atoms with Crippen LogP contribution in [0.15, 0.2) is 22.8 Å². The van der Waals surface area contributed by atoms with Crippen molar-refractivity contribution in [2.75, 3.05) is 0 Å². The summed E-state index contributed by atoms with van der Waals surface area (Å²) in [5.74, 6) is 0.597. The van der Waals surface area contributed by atoms with Gasteiger partial charge in [-0.3, -0.25) is 0 Å². The van der Waals surface area contributed by atoms with Crippen LogP contribution in [0.3, 0.4) is 0 Å². The fourth-order valence-electron chi connectivity index (χ4n) is 1.87. The third-order valence-electron chi connectivity index (χ3n) is 2.80. The Morgan fingerprint density at radius 3 is 2.75 bits per heavy atom. The van der Waals surface area contributed by atoms with Crippen molar-refractivity contribution in [3.05, 3.63) is 22.8 Å². The number of ether oxygens (including phenoxy) is 2. The van der Waals surface area contributed by atoms with Crippen molar-refractivity contribution in [1.29, 1.82) is 0 Å². The molecule has 0 atom stereocenters. The van der Waals surface area contributed by atoms with E-state index in [0.717, 1.165) is 17.3 Å². The molecule has 0 spiro atoms. The Morgan fingerprint density at radius 1 is 1.45 bits per heavy atom. The van der Waals surface area contributed by atoms with Crippen LogP contribution in [-0.2, 0) is 4.74 Å². The number of alkyl carbamates (subject to hydrolysis) is 1. The van der Waals surface area contributed by atoms with Crippen LogP contribution in [0, 0.1) is 0 Å². The molecule has 1 amide bonds. The van der Waals surface area contributed by atoms with Crippen LogP contribution in [0.1, 0.15) is 33.6 Å². The Morgan fingerprint density at radius 2 is 2.15 bits per heavy atom. The first-order chi connectivity index (χ1) is 9.32. The van der Waals surface area contributed by atoms with Gasteiger partial charge in [0.05, 0.1) is 0 Å². The van der Waals surface area contributed by atoms with E-state index in [2.05, 4.69) is 26.2 Å². The molecule has 6 heteroatoms. The number of carbonyl (C=O) groups is 1. The van der Waals surface area contributed by atoms with Crippen LogP contribution in [0.4, 0.5) is 4.79 Å². The largest absolute Gasteiger partial charge is 0.474 e. The van der Waals surface area contributed by atoms with Crippen LogP contribution >= 0.6 is 15.9 Å². The van der Waals surface area contributed by atoms with Crippen LogP contribution in [0.25, 0.3) is 0 Å². The molecule has 1 heterocycles. The van der Waals surface area contributed by atoms with E-state index >= 15 is 0 Å². The summed E-state index contributed by atoms with van der Waals surface area (Å²) in [5.41, 5.74) is -0.468. The number of halogens is 1. The van der Waals surface area contributed by atoms with Gasteiger partial charge in [0, 0.05) is 35.6 Å². The summed E-state index contributed by atoms with van der Waals surface area (Å²) in [6.07, 6.45) is 2.95. The van der Waals surface area contributed by atoms with Gasteiger partial charge in [-0.05, 0) is 26.8 Å². The highest BCUT2D eigenvalue weighted by Gasteiger charge is 2.33. The minimum atomic E-state index is -0.468. The van der Waals surface area contributed by atoms with E-state index in [9.17, 15) is 4.79 Å². The molecule has 1 saturated carbocycles. The molecule has 1 N–H and O–H groups in total. The zero-order valence-corrected chi connectivity index (χ0v) is 13.4. The lowest BCUT2D eigenvalue weighted by Gasteiger charge is -2.35. The fraction of sp³-hybridized carbons (Fsp3) is 0.571. The normalized spacial score (nSPS) is 21.8. The molecule has 5 nitrogen and oxygen atoms in total. The average molecular weight is 343 g/mol. The number of pyridine rings is 1. The summed E-state index contributed by atoms with van der Waals surface area (Å²) < 4.78 is 11.8. The van der Waals surface area contributed by atoms with Crippen molar-refractivity contribution in [3.8, 4) is 5.88 Å². The van der Waals surface area contributed by atoms with Crippen LogP contribution in [0.5, 0.6) is 5.88 Å². The minimum absolute atomic E-state index is 0.0942. The first kappa shape index (κ1) is 15.1. The average Bonchev–Trinajstić information content (AvgIpc) is 2.23. The highest BCUT2D eigenvalue weighted by molar-refractivity contribution is 9.10. The molecule has 1 fully saturated rings. The van der Waals surface area contributed by atoms with E-state index < -0.39 is 5.60 Å². The predicted molar refractivity (Wildman–Crippen MR) is 78.7 cm³/mol.